The van der Waals surface area contributed by atoms with Crippen molar-refractivity contribution in [2.45, 2.75) is 35.7 Å². The third-order valence-electron chi connectivity index (χ3n) is 10.6. The van der Waals surface area contributed by atoms with E-state index in [0.717, 1.165) is 33.7 Å². The summed E-state index contributed by atoms with van der Waals surface area (Å²) in [4.78, 5) is 28.7. The lowest BCUT2D eigenvalue weighted by atomic mass is 9.79. The predicted molar refractivity (Wildman–Crippen MR) is 229 cm³/mol. The second kappa shape index (κ2) is 17.4. The Morgan fingerprint density at radius 2 is 0.967 bits per heavy atom. The number of nitrogens with zero attached hydrogens (tertiary/aromatic N) is 1. The first kappa shape index (κ1) is 40.8. The van der Waals surface area contributed by atoms with Crippen molar-refractivity contribution in [1.82, 2.24) is 9.55 Å². The number of benzene rings is 6. The Morgan fingerprint density at radius 3 is 1.33 bits per heavy atom. The van der Waals surface area contributed by atoms with Crippen molar-refractivity contribution < 1.29 is 26.8 Å². The van der Waals surface area contributed by atoms with Gasteiger partial charge < -0.3 is 14.2 Å². The maximum atomic E-state index is 13.8. The molecular formula is C48H41ClN2O8S. The number of H-pyrrole nitrogens is 1. The van der Waals surface area contributed by atoms with Gasteiger partial charge in [0.15, 0.2) is 6.23 Å². The van der Waals surface area contributed by atoms with Crippen molar-refractivity contribution >= 4 is 21.7 Å². The zero-order valence-corrected chi connectivity index (χ0v) is 34.0. The van der Waals surface area contributed by atoms with Crippen LogP contribution in [0.3, 0.4) is 0 Å². The molecular weight excluding hydrogens is 800 g/mol. The van der Waals surface area contributed by atoms with E-state index in [1.807, 2.05) is 182 Å². The van der Waals surface area contributed by atoms with Gasteiger partial charge in [-0.2, -0.15) is 8.42 Å². The van der Waals surface area contributed by atoms with Crippen molar-refractivity contribution in [3.63, 3.8) is 0 Å². The predicted octanol–water partition coefficient (Wildman–Crippen LogP) is 7.82. The molecule has 1 N–H and O–H groups in total. The second-order valence-electron chi connectivity index (χ2n) is 14.4. The zero-order chi connectivity index (χ0) is 41.7. The van der Waals surface area contributed by atoms with E-state index < -0.39 is 57.1 Å². The summed E-state index contributed by atoms with van der Waals surface area (Å²) in [6.45, 7) is -0.268. The van der Waals surface area contributed by atoms with Gasteiger partial charge in [-0.25, -0.2) is 4.79 Å². The average Bonchev–Trinajstić information content (AvgIpc) is 3.60. The van der Waals surface area contributed by atoms with Gasteiger partial charge in [-0.05, 0) is 33.4 Å². The van der Waals surface area contributed by atoms with Crippen LogP contribution < -0.4 is 11.2 Å². The Kier molecular flexibility index (Phi) is 11.8. The largest absolute Gasteiger partial charge is 0.358 e. The summed E-state index contributed by atoms with van der Waals surface area (Å²) < 4.78 is 55.4. The van der Waals surface area contributed by atoms with Gasteiger partial charge in [-0.3, -0.25) is 18.5 Å². The van der Waals surface area contributed by atoms with Gasteiger partial charge in [0.25, 0.3) is 15.7 Å². The van der Waals surface area contributed by atoms with Crippen molar-refractivity contribution in [3.8, 4) is 0 Å². The fourth-order valence-corrected chi connectivity index (χ4v) is 8.85. The molecule has 2 heterocycles. The summed E-state index contributed by atoms with van der Waals surface area (Å²) in [5.41, 5.74) is 0.133. The molecule has 0 aliphatic carbocycles. The Labute approximate surface area is 352 Å². The molecule has 0 spiro atoms. The SMILES string of the molecule is CS(=O)(=O)O[C@H]1[C@@H](OC(c2ccccc2)(c2ccccc2)c2ccccc2)[C@H](n2cc(Cl)c(=O)[nH]c2=O)O[C@@H]1COC(c1ccccc1)(c1ccccc1)c1ccccc1. The summed E-state index contributed by atoms with van der Waals surface area (Å²) in [6.07, 6.45) is -3.34. The quantitative estimate of drug-likeness (QED) is 0.0869. The number of hydrogen-bond donors (Lipinski definition) is 1. The van der Waals surface area contributed by atoms with E-state index in [1.54, 1.807) is 0 Å². The average molecular weight is 841 g/mol. The highest BCUT2D eigenvalue weighted by atomic mass is 35.5. The summed E-state index contributed by atoms with van der Waals surface area (Å²) in [5, 5.41) is -0.297. The maximum absolute atomic E-state index is 13.8. The van der Waals surface area contributed by atoms with Crippen LogP contribution in [0.25, 0.3) is 0 Å². The minimum absolute atomic E-state index is 0.268. The third kappa shape index (κ3) is 8.03. The molecule has 6 aromatic carbocycles. The normalized spacial score (nSPS) is 18.3. The molecule has 0 saturated carbocycles. The molecule has 0 bridgehead atoms. The van der Waals surface area contributed by atoms with Gasteiger partial charge in [0.1, 0.15) is 34.5 Å². The van der Waals surface area contributed by atoms with E-state index in [-0.39, 0.29) is 11.6 Å². The fourth-order valence-electron chi connectivity index (χ4n) is 8.06. The molecule has 0 radical (unpaired) electrons. The Morgan fingerprint density at radius 1 is 0.600 bits per heavy atom. The molecule has 1 aliphatic heterocycles. The van der Waals surface area contributed by atoms with Gasteiger partial charge in [-0.1, -0.05) is 194 Å². The lowest BCUT2D eigenvalue weighted by molar-refractivity contribution is -0.123. The van der Waals surface area contributed by atoms with Crippen LogP contribution in [-0.4, -0.2) is 49.1 Å². The molecule has 0 amide bonds. The van der Waals surface area contributed by atoms with Crippen LogP contribution in [0, 0.1) is 0 Å². The molecule has 0 unspecified atom stereocenters. The maximum Gasteiger partial charge on any atom is 0.330 e. The van der Waals surface area contributed by atoms with Crippen LogP contribution in [0.5, 0.6) is 0 Å². The van der Waals surface area contributed by atoms with Gasteiger partial charge in [0.2, 0.25) is 0 Å². The number of rotatable bonds is 14. The molecule has 10 nitrogen and oxygen atoms in total. The van der Waals surface area contributed by atoms with E-state index in [9.17, 15) is 18.0 Å². The summed E-state index contributed by atoms with van der Waals surface area (Å²) in [6, 6.07) is 57.4. The Hall–Kier alpha value is -5.92. The molecule has 12 heteroatoms. The first-order valence-electron chi connectivity index (χ1n) is 19.3. The van der Waals surface area contributed by atoms with Crippen LogP contribution in [0.1, 0.15) is 39.6 Å². The molecule has 60 heavy (non-hydrogen) atoms. The third-order valence-corrected chi connectivity index (χ3v) is 11.5. The van der Waals surface area contributed by atoms with Gasteiger partial charge in [-0.15, -0.1) is 0 Å². The van der Waals surface area contributed by atoms with E-state index in [2.05, 4.69) is 4.98 Å². The number of aromatic nitrogens is 2. The van der Waals surface area contributed by atoms with Gasteiger partial charge >= 0.3 is 5.69 Å². The van der Waals surface area contributed by atoms with Crippen molar-refractivity contribution in [3.05, 3.63) is 247 Å². The molecule has 4 atom stereocenters. The van der Waals surface area contributed by atoms with E-state index in [1.165, 1.54) is 0 Å². The minimum Gasteiger partial charge on any atom is -0.358 e. The van der Waals surface area contributed by atoms with Crippen LogP contribution in [0.15, 0.2) is 198 Å². The molecule has 8 rings (SSSR count). The minimum atomic E-state index is -4.25. The van der Waals surface area contributed by atoms with Crippen LogP contribution in [-0.2, 0) is 39.7 Å². The van der Waals surface area contributed by atoms with E-state index in [0.29, 0.717) is 16.7 Å². The Bertz CT molecular complexity index is 2550. The molecule has 1 aromatic heterocycles. The number of aromatic amines is 1. The smallest absolute Gasteiger partial charge is 0.330 e. The van der Waals surface area contributed by atoms with Crippen molar-refractivity contribution in [2.75, 3.05) is 12.9 Å². The number of ether oxygens (including phenoxy) is 3. The number of halogens is 1. The monoisotopic (exact) mass is 840 g/mol. The summed E-state index contributed by atoms with van der Waals surface area (Å²) in [7, 11) is -4.25. The lowest BCUT2D eigenvalue weighted by Crippen LogP contribution is -2.47. The summed E-state index contributed by atoms with van der Waals surface area (Å²) in [5.74, 6) is 0. The fraction of sp³-hybridized carbons (Fsp3) is 0.167. The molecule has 1 fully saturated rings. The highest BCUT2D eigenvalue weighted by Crippen LogP contribution is 2.47. The number of nitrogens with one attached hydrogen (secondary N) is 1. The highest BCUT2D eigenvalue weighted by Gasteiger charge is 2.55. The van der Waals surface area contributed by atoms with E-state index in [4.69, 9.17) is 30.0 Å². The summed E-state index contributed by atoms with van der Waals surface area (Å²) >= 11 is 6.38. The molecule has 304 valence electrons. The second-order valence-corrected chi connectivity index (χ2v) is 16.4. The zero-order valence-electron chi connectivity index (χ0n) is 32.4. The van der Waals surface area contributed by atoms with Crippen molar-refractivity contribution in [2.24, 2.45) is 0 Å². The first-order chi connectivity index (χ1) is 29.1. The lowest BCUT2D eigenvalue weighted by Gasteiger charge is -2.40. The topological polar surface area (TPSA) is 126 Å². The van der Waals surface area contributed by atoms with E-state index >= 15 is 0 Å². The van der Waals surface area contributed by atoms with Crippen LogP contribution in [0.2, 0.25) is 5.02 Å². The molecule has 7 aromatic rings. The molecule has 1 saturated heterocycles. The number of hydrogen-bond acceptors (Lipinski definition) is 8. The Balaban J connectivity index is 1.34. The van der Waals surface area contributed by atoms with Crippen LogP contribution in [0.4, 0.5) is 0 Å². The van der Waals surface area contributed by atoms with Crippen LogP contribution >= 0.6 is 11.6 Å². The van der Waals surface area contributed by atoms with Crippen molar-refractivity contribution in [1.29, 1.82) is 0 Å². The van der Waals surface area contributed by atoms with Gasteiger partial charge in [0.05, 0.1) is 12.9 Å². The highest BCUT2D eigenvalue weighted by molar-refractivity contribution is 7.86. The standard InChI is InChI=1S/C48H41ClN2O8S/c1-60(54,55)59-42-41(33-56-47(34-20-8-2-9-21-34,35-22-10-3-11-23-35)36-24-12-4-13-25-36)57-45(51-32-40(49)44(52)50-46(51)53)43(42)58-48(37-26-14-5-15-27-37,38-28-16-6-17-29-38)39-30-18-7-19-31-39/h2-32,41-43,45H,33H2,1H3,(H,50,52,53)/t41-,42-,43-,45-/m1/s1. The molecule has 1 aliphatic rings. The van der Waals surface area contributed by atoms with Gasteiger partial charge in [0, 0.05) is 6.20 Å². The first-order valence-corrected chi connectivity index (χ1v) is 21.5.